The van der Waals surface area contributed by atoms with E-state index in [-0.39, 0.29) is 16.9 Å². The van der Waals surface area contributed by atoms with Gasteiger partial charge in [0.25, 0.3) is 0 Å². The van der Waals surface area contributed by atoms with Crippen molar-refractivity contribution in [3.8, 4) is 0 Å². The molecule has 4 heteroatoms. The fraction of sp³-hybridized carbons (Fsp3) is 0.500. The lowest BCUT2D eigenvalue weighted by molar-refractivity contribution is -0.117. The Bertz CT molecular complexity index is 527. The minimum atomic E-state index is 0.126. The third kappa shape index (κ3) is 3.23. The van der Waals surface area contributed by atoms with Gasteiger partial charge >= 0.3 is 0 Å². The second-order valence-electron chi connectivity index (χ2n) is 5.31. The molecule has 1 aromatic rings. The highest BCUT2D eigenvalue weighted by molar-refractivity contribution is 8.13. The number of amides is 1. The molecule has 3 nitrogen and oxygen atoms in total. The minimum absolute atomic E-state index is 0.126. The molecule has 0 radical (unpaired) electrons. The number of carbonyl (C=O) groups is 2. The highest BCUT2D eigenvalue weighted by Gasteiger charge is 2.32. The van der Waals surface area contributed by atoms with E-state index in [9.17, 15) is 9.59 Å². The van der Waals surface area contributed by atoms with Gasteiger partial charge in [0.15, 0.2) is 5.12 Å². The molecule has 108 valence electrons. The van der Waals surface area contributed by atoms with Gasteiger partial charge in [0.1, 0.15) is 0 Å². The van der Waals surface area contributed by atoms with E-state index in [1.165, 1.54) is 17.3 Å². The molecule has 2 rings (SSSR count). The first-order valence-corrected chi connectivity index (χ1v) is 8.03. The molecule has 0 aliphatic carbocycles. The predicted molar refractivity (Wildman–Crippen MR) is 84.2 cm³/mol. The Morgan fingerprint density at radius 3 is 2.85 bits per heavy atom. The van der Waals surface area contributed by atoms with Gasteiger partial charge in [0.05, 0.1) is 0 Å². The second kappa shape index (κ2) is 6.44. The number of carbonyl (C=O) groups excluding carboxylic acids is 2. The van der Waals surface area contributed by atoms with Crippen molar-refractivity contribution in [1.82, 2.24) is 0 Å². The number of rotatable bonds is 4. The SMILES string of the molecule is CCc1cccc(C)c1N1CC(CSC(C)=O)CC1=O. The van der Waals surface area contributed by atoms with Crippen molar-refractivity contribution in [2.45, 2.75) is 33.6 Å². The van der Waals surface area contributed by atoms with Crippen molar-refractivity contribution >= 4 is 28.5 Å². The number of para-hydroxylation sites is 1. The van der Waals surface area contributed by atoms with Crippen LogP contribution in [0.3, 0.4) is 0 Å². The summed E-state index contributed by atoms with van der Waals surface area (Å²) >= 11 is 1.32. The van der Waals surface area contributed by atoms with Crippen LogP contribution in [0, 0.1) is 12.8 Å². The topological polar surface area (TPSA) is 37.4 Å². The summed E-state index contributed by atoms with van der Waals surface area (Å²) in [5.74, 6) is 1.20. The lowest BCUT2D eigenvalue weighted by Gasteiger charge is -2.22. The summed E-state index contributed by atoms with van der Waals surface area (Å²) in [5.41, 5.74) is 3.45. The Labute approximate surface area is 124 Å². The first-order chi connectivity index (χ1) is 9.52. The van der Waals surface area contributed by atoms with Gasteiger partial charge in [-0.05, 0) is 30.4 Å². The van der Waals surface area contributed by atoms with Crippen LogP contribution in [0.25, 0.3) is 0 Å². The number of nitrogens with zero attached hydrogens (tertiary/aromatic N) is 1. The van der Waals surface area contributed by atoms with E-state index >= 15 is 0 Å². The van der Waals surface area contributed by atoms with Crippen molar-refractivity contribution in [1.29, 1.82) is 0 Å². The van der Waals surface area contributed by atoms with Gasteiger partial charge in [-0.1, -0.05) is 36.9 Å². The van der Waals surface area contributed by atoms with Crippen LogP contribution in [0.2, 0.25) is 0 Å². The monoisotopic (exact) mass is 291 g/mol. The third-order valence-corrected chi connectivity index (χ3v) is 4.74. The third-order valence-electron chi connectivity index (χ3n) is 3.70. The zero-order chi connectivity index (χ0) is 14.7. The first-order valence-electron chi connectivity index (χ1n) is 7.05. The molecule has 0 bridgehead atoms. The standard InChI is InChI=1S/C16H21NO2S/c1-4-14-7-5-6-11(2)16(14)17-9-13(8-15(17)19)10-20-12(3)18/h5-7,13H,4,8-10H2,1-3H3. The largest absolute Gasteiger partial charge is 0.312 e. The van der Waals surface area contributed by atoms with E-state index in [0.717, 1.165) is 30.0 Å². The van der Waals surface area contributed by atoms with E-state index < -0.39 is 0 Å². The summed E-state index contributed by atoms with van der Waals surface area (Å²) in [6.07, 6.45) is 1.48. The van der Waals surface area contributed by atoms with Crippen LogP contribution >= 0.6 is 11.8 Å². The van der Waals surface area contributed by atoms with Crippen molar-refractivity contribution in [2.75, 3.05) is 17.2 Å². The molecule has 1 aliphatic rings. The molecule has 1 aromatic carbocycles. The van der Waals surface area contributed by atoms with Gasteiger partial charge in [0, 0.05) is 31.3 Å². The molecule has 1 amide bonds. The number of benzene rings is 1. The molecule has 1 atom stereocenters. The Kier molecular flexibility index (Phi) is 4.86. The molecular weight excluding hydrogens is 270 g/mol. The molecular formula is C16H21NO2S. The maximum Gasteiger partial charge on any atom is 0.227 e. The average molecular weight is 291 g/mol. The van der Waals surface area contributed by atoms with Gasteiger partial charge in [-0.3, -0.25) is 9.59 Å². The molecule has 1 aliphatic heterocycles. The molecule has 0 spiro atoms. The van der Waals surface area contributed by atoms with E-state index in [2.05, 4.69) is 26.0 Å². The highest BCUT2D eigenvalue weighted by Crippen LogP contribution is 2.32. The van der Waals surface area contributed by atoms with E-state index in [4.69, 9.17) is 0 Å². The van der Waals surface area contributed by atoms with E-state index in [1.807, 2.05) is 11.0 Å². The van der Waals surface area contributed by atoms with Crippen molar-refractivity contribution in [3.63, 3.8) is 0 Å². The van der Waals surface area contributed by atoms with Crippen LogP contribution in [0.1, 0.15) is 31.4 Å². The molecule has 1 fully saturated rings. The zero-order valence-corrected chi connectivity index (χ0v) is 13.1. The van der Waals surface area contributed by atoms with Gasteiger partial charge in [0.2, 0.25) is 5.91 Å². The van der Waals surface area contributed by atoms with Crippen molar-refractivity contribution in [2.24, 2.45) is 5.92 Å². The summed E-state index contributed by atoms with van der Waals surface area (Å²) in [6, 6.07) is 6.19. The number of aryl methyl sites for hydroxylation is 2. The summed E-state index contributed by atoms with van der Waals surface area (Å²) in [4.78, 5) is 25.3. The lowest BCUT2D eigenvalue weighted by Crippen LogP contribution is -2.26. The summed E-state index contributed by atoms with van der Waals surface area (Å²) in [5, 5.41) is 0.126. The smallest absolute Gasteiger partial charge is 0.227 e. The molecule has 1 unspecified atom stereocenters. The van der Waals surface area contributed by atoms with E-state index in [1.54, 1.807) is 6.92 Å². The molecule has 0 saturated carbocycles. The summed E-state index contributed by atoms with van der Waals surface area (Å²) in [7, 11) is 0. The molecule has 0 N–H and O–H groups in total. The highest BCUT2D eigenvalue weighted by atomic mass is 32.2. The van der Waals surface area contributed by atoms with Gasteiger partial charge in [-0.15, -0.1) is 0 Å². The van der Waals surface area contributed by atoms with Crippen molar-refractivity contribution in [3.05, 3.63) is 29.3 Å². The fourth-order valence-electron chi connectivity index (χ4n) is 2.74. The predicted octanol–water partition coefficient (Wildman–Crippen LogP) is 3.19. The summed E-state index contributed by atoms with van der Waals surface area (Å²) < 4.78 is 0. The number of hydrogen-bond donors (Lipinski definition) is 0. The van der Waals surface area contributed by atoms with Crippen LogP contribution in [0.15, 0.2) is 18.2 Å². The van der Waals surface area contributed by atoms with Gasteiger partial charge < -0.3 is 4.90 Å². The maximum absolute atomic E-state index is 12.3. The Hall–Kier alpha value is -1.29. The maximum atomic E-state index is 12.3. The van der Waals surface area contributed by atoms with Crippen LogP contribution in [-0.4, -0.2) is 23.3 Å². The second-order valence-corrected chi connectivity index (χ2v) is 6.51. The zero-order valence-electron chi connectivity index (χ0n) is 12.3. The Morgan fingerprint density at radius 1 is 1.45 bits per heavy atom. The normalized spacial score (nSPS) is 18.6. The van der Waals surface area contributed by atoms with Crippen LogP contribution in [-0.2, 0) is 16.0 Å². The lowest BCUT2D eigenvalue weighted by atomic mass is 10.0. The number of hydrogen-bond acceptors (Lipinski definition) is 3. The van der Waals surface area contributed by atoms with Crippen LogP contribution < -0.4 is 4.90 Å². The Morgan fingerprint density at radius 2 is 2.20 bits per heavy atom. The van der Waals surface area contributed by atoms with Crippen LogP contribution in [0.5, 0.6) is 0 Å². The minimum Gasteiger partial charge on any atom is -0.312 e. The molecule has 1 saturated heterocycles. The van der Waals surface area contributed by atoms with E-state index in [0.29, 0.717) is 6.42 Å². The van der Waals surface area contributed by atoms with Crippen molar-refractivity contribution < 1.29 is 9.59 Å². The fourth-order valence-corrected chi connectivity index (χ4v) is 3.43. The molecule has 0 aromatic heterocycles. The quantitative estimate of drug-likeness (QED) is 0.855. The number of thioether (sulfide) groups is 1. The van der Waals surface area contributed by atoms with Gasteiger partial charge in [-0.2, -0.15) is 0 Å². The Balaban J connectivity index is 2.18. The van der Waals surface area contributed by atoms with Gasteiger partial charge in [-0.25, -0.2) is 0 Å². The average Bonchev–Trinajstić information content (AvgIpc) is 2.77. The molecule has 1 heterocycles. The van der Waals surface area contributed by atoms with Crippen LogP contribution in [0.4, 0.5) is 5.69 Å². The molecule has 20 heavy (non-hydrogen) atoms. The first kappa shape index (κ1) is 15.1. The number of anilines is 1. The summed E-state index contributed by atoms with van der Waals surface area (Å²) in [6.45, 7) is 6.48.